The third-order valence-electron chi connectivity index (χ3n) is 5.70. The van der Waals surface area contributed by atoms with E-state index < -0.39 is 30.1 Å². The van der Waals surface area contributed by atoms with Crippen LogP contribution >= 0.6 is 0 Å². The van der Waals surface area contributed by atoms with Crippen LogP contribution in [0.4, 0.5) is 4.79 Å². The number of amides is 2. The molecule has 2 aromatic carbocycles. The highest BCUT2D eigenvalue weighted by atomic mass is 16.5. The molecule has 182 valence electrons. The van der Waals surface area contributed by atoms with Gasteiger partial charge in [0, 0.05) is 6.54 Å². The maximum atomic E-state index is 13.0. The van der Waals surface area contributed by atoms with Crippen LogP contribution in [0.5, 0.6) is 5.75 Å². The molecule has 2 aromatic rings. The molecule has 0 aliphatic heterocycles. The molecule has 1 aliphatic carbocycles. The first kappa shape index (κ1) is 25.2. The number of carboxylic acids is 1. The van der Waals surface area contributed by atoms with Crippen molar-refractivity contribution >= 4 is 18.0 Å². The molecule has 8 heteroatoms. The van der Waals surface area contributed by atoms with Crippen molar-refractivity contribution in [1.29, 1.82) is 0 Å². The van der Waals surface area contributed by atoms with Crippen molar-refractivity contribution < 1.29 is 29.3 Å². The third kappa shape index (κ3) is 7.05. The van der Waals surface area contributed by atoms with Gasteiger partial charge in [-0.15, -0.1) is 0 Å². The molecule has 8 nitrogen and oxygen atoms in total. The fraction of sp³-hybridized carbons (Fsp3) is 0.423. The minimum Gasteiger partial charge on any atom is -0.481 e. The van der Waals surface area contributed by atoms with E-state index in [0.717, 1.165) is 24.8 Å². The van der Waals surface area contributed by atoms with Crippen molar-refractivity contribution in [3.05, 3.63) is 65.2 Å². The zero-order valence-electron chi connectivity index (χ0n) is 19.6. The predicted molar refractivity (Wildman–Crippen MR) is 126 cm³/mol. The van der Waals surface area contributed by atoms with Gasteiger partial charge in [0.2, 0.25) is 0 Å². The summed E-state index contributed by atoms with van der Waals surface area (Å²) in [4.78, 5) is 38.3. The molecule has 2 atom stereocenters. The number of rotatable bonds is 10. The molecule has 3 N–H and O–H groups in total. The second-order valence-corrected chi connectivity index (χ2v) is 9.03. The lowest BCUT2D eigenvalue weighted by molar-refractivity contribution is -0.144. The summed E-state index contributed by atoms with van der Waals surface area (Å²) in [5.41, 5.74) is 3.04. The molecule has 0 heterocycles. The SMILES string of the molecule is CC(C)CN(CC(O)C(=O)Oc1ccc2c(c1)CCC2)C(=O)NC(CC(=O)O)c1ccccc1. The van der Waals surface area contributed by atoms with Crippen molar-refractivity contribution in [3.63, 3.8) is 0 Å². The number of benzene rings is 2. The lowest BCUT2D eigenvalue weighted by atomic mass is 10.0. The highest BCUT2D eigenvalue weighted by Gasteiger charge is 2.27. The number of esters is 1. The van der Waals surface area contributed by atoms with Gasteiger partial charge in [0.25, 0.3) is 0 Å². The monoisotopic (exact) mass is 468 g/mol. The van der Waals surface area contributed by atoms with Crippen LogP contribution in [0.3, 0.4) is 0 Å². The Bertz CT molecular complexity index is 1010. The van der Waals surface area contributed by atoms with E-state index in [-0.39, 0.29) is 25.4 Å². The Morgan fingerprint density at radius 3 is 2.41 bits per heavy atom. The number of aliphatic carboxylic acids is 1. The first-order valence-electron chi connectivity index (χ1n) is 11.6. The molecular formula is C26H32N2O6. The topological polar surface area (TPSA) is 116 Å². The number of fused-ring (bicyclic) bond motifs is 1. The minimum atomic E-state index is -1.55. The van der Waals surface area contributed by atoms with Crippen molar-refractivity contribution in [1.82, 2.24) is 10.2 Å². The number of nitrogens with zero attached hydrogens (tertiary/aromatic N) is 1. The average molecular weight is 469 g/mol. The molecule has 2 unspecified atom stereocenters. The second kappa shape index (κ2) is 11.7. The number of carbonyl (C=O) groups is 3. The van der Waals surface area contributed by atoms with Crippen LogP contribution < -0.4 is 10.1 Å². The van der Waals surface area contributed by atoms with E-state index in [9.17, 15) is 24.6 Å². The number of aliphatic hydroxyl groups excluding tert-OH is 1. The lowest BCUT2D eigenvalue weighted by Gasteiger charge is -2.29. The van der Waals surface area contributed by atoms with Crippen LogP contribution in [-0.4, -0.2) is 52.3 Å². The number of urea groups is 1. The molecule has 0 fully saturated rings. The Hall–Kier alpha value is -3.39. The largest absolute Gasteiger partial charge is 0.481 e. The predicted octanol–water partition coefficient (Wildman–Crippen LogP) is 3.33. The van der Waals surface area contributed by atoms with Gasteiger partial charge in [0.1, 0.15) is 5.75 Å². The third-order valence-corrected chi connectivity index (χ3v) is 5.70. The summed E-state index contributed by atoms with van der Waals surface area (Å²) in [6, 6.07) is 13.0. The number of ether oxygens (including phenoxy) is 1. The Morgan fingerprint density at radius 2 is 1.74 bits per heavy atom. The summed E-state index contributed by atoms with van der Waals surface area (Å²) in [6.07, 6.45) is 1.17. The standard InChI is InChI=1S/C26H32N2O6/c1-17(2)15-28(26(33)27-22(14-24(30)31)19-7-4-3-5-8-19)16-23(29)25(32)34-21-12-11-18-9-6-10-20(18)13-21/h3-5,7-8,11-13,17,22-23,29H,6,9-10,14-16H2,1-2H3,(H,27,33)(H,30,31). The molecule has 0 bridgehead atoms. The van der Waals surface area contributed by atoms with Gasteiger partial charge in [-0.3, -0.25) is 4.79 Å². The number of carboxylic acid groups (broad SMARTS) is 1. The Balaban J connectivity index is 1.66. The summed E-state index contributed by atoms with van der Waals surface area (Å²) < 4.78 is 5.37. The zero-order valence-corrected chi connectivity index (χ0v) is 19.6. The number of aryl methyl sites for hydroxylation is 2. The van der Waals surface area contributed by atoms with Gasteiger partial charge in [0.05, 0.1) is 19.0 Å². The quantitative estimate of drug-likeness (QED) is 0.364. The van der Waals surface area contributed by atoms with E-state index in [0.29, 0.717) is 11.3 Å². The van der Waals surface area contributed by atoms with Crippen LogP contribution in [0.1, 0.15) is 49.4 Å². The molecule has 2 amide bonds. The number of carbonyl (C=O) groups excluding carboxylic acids is 2. The zero-order chi connectivity index (χ0) is 24.7. The van der Waals surface area contributed by atoms with Crippen molar-refractivity contribution in [2.75, 3.05) is 13.1 Å². The second-order valence-electron chi connectivity index (χ2n) is 9.03. The van der Waals surface area contributed by atoms with E-state index in [1.54, 1.807) is 36.4 Å². The molecule has 0 radical (unpaired) electrons. The summed E-state index contributed by atoms with van der Waals surface area (Å²) in [7, 11) is 0. The van der Waals surface area contributed by atoms with Crippen molar-refractivity contribution in [2.45, 2.75) is 51.7 Å². The number of aliphatic hydroxyl groups is 1. The van der Waals surface area contributed by atoms with E-state index in [1.165, 1.54) is 10.5 Å². The van der Waals surface area contributed by atoms with Crippen LogP contribution in [0, 0.1) is 5.92 Å². The molecule has 1 aliphatic rings. The highest BCUT2D eigenvalue weighted by molar-refractivity contribution is 5.80. The maximum absolute atomic E-state index is 13.0. The molecule has 0 spiro atoms. The number of hydrogen-bond acceptors (Lipinski definition) is 5. The fourth-order valence-electron chi connectivity index (χ4n) is 4.11. The van der Waals surface area contributed by atoms with E-state index >= 15 is 0 Å². The minimum absolute atomic E-state index is 0.0559. The smallest absolute Gasteiger partial charge is 0.342 e. The highest BCUT2D eigenvalue weighted by Crippen LogP contribution is 2.26. The Kier molecular flexibility index (Phi) is 8.65. The molecular weight excluding hydrogens is 436 g/mol. The molecule has 0 saturated carbocycles. The normalized spacial score (nSPS) is 14.2. The van der Waals surface area contributed by atoms with Gasteiger partial charge in [0.15, 0.2) is 6.10 Å². The van der Waals surface area contributed by atoms with Crippen LogP contribution in [0.25, 0.3) is 0 Å². The number of hydrogen-bond donors (Lipinski definition) is 3. The average Bonchev–Trinajstić information content (AvgIpc) is 3.26. The van der Waals surface area contributed by atoms with Gasteiger partial charge in [-0.2, -0.15) is 0 Å². The van der Waals surface area contributed by atoms with Crippen LogP contribution in [-0.2, 0) is 22.4 Å². The maximum Gasteiger partial charge on any atom is 0.342 e. The van der Waals surface area contributed by atoms with Crippen LogP contribution in [0.15, 0.2) is 48.5 Å². The van der Waals surface area contributed by atoms with E-state index in [4.69, 9.17) is 4.74 Å². The first-order valence-corrected chi connectivity index (χ1v) is 11.6. The van der Waals surface area contributed by atoms with E-state index in [2.05, 4.69) is 5.32 Å². The first-order chi connectivity index (χ1) is 16.2. The molecule has 0 aromatic heterocycles. The van der Waals surface area contributed by atoms with Crippen molar-refractivity contribution in [3.8, 4) is 5.75 Å². The summed E-state index contributed by atoms with van der Waals surface area (Å²) >= 11 is 0. The van der Waals surface area contributed by atoms with Crippen LogP contribution in [0.2, 0.25) is 0 Å². The molecule has 0 saturated heterocycles. The summed E-state index contributed by atoms with van der Waals surface area (Å²) in [5, 5.41) is 22.5. The molecule has 3 rings (SSSR count). The van der Waals surface area contributed by atoms with Gasteiger partial charge >= 0.3 is 18.0 Å². The van der Waals surface area contributed by atoms with Gasteiger partial charge in [-0.1, -0.05) is 50.2 Å². The fourth-order valence-corrected chi connectivity index (χ4v) is 4.11. The van der Waals surface area contributed by atoms with Gasteiger partial charge in [-0.05, 0) is 54.0 Å². The van der Waals surface area contributed by atoms with Crippen molar-refractivity contribution in [2.24, 2.45) is 5.92 Å². The lowest BCUT2D eigenvalue weighted by Crippen LogP contribution is -2.48. The number of nitrogens with one attached hydrogen (secondary N) is 1. The van der Waals surface area contributed by atoms with E-state index in [1.807, 2.05) is 26.0 Å². The molecule has 34 heavy (non-hydrogen) atoms. The summed E-state index contributed by atoms with van der Waals surface area (Å²) in [6.45, 7) is 3.80. The Labute approximate surface area is 199 Å². The Morgan fingerprint density at radius 1 is 1.03 bits per heavy atom. The van der Waals surface area contributed by atoms with Gasteiger partial charge in [-0.25, -0.2) is 9.59 Å². The summed E-state index contributed by atoms with van der Waals surface area (Å²) in [5.74, 6) is -1.47. The van der Waals surface area contributed by atoms with Gasteiger partial charge < -0.3 is 25.2 Å².